The second kappa shape index (κ2) is 8.46. The Balaban J connectivity index is 1.53. The van der Waals surface area contributed by atoms with Gasteiger partial charge in [0.1, 0.15) is 5.76 Å². The molecule has 0 aromatic carbocycles. The summed E-state index contributed by atoms with van der Waals surface area (Å²) in [5, 5.41) is 14.7. The van der Waals surface area contributed by atoms with E-state index in [0.29, 0.717) is 37.5 Å². The van der Waals surface area contributed by atoms with Gasteiger partial charge in [-0.1, -0.05) is 0 Å². The molecule has 1 atom stereocenters. The highest BCUT2D eigenvalue weighted by Gasteiger charge is 2.30. The van der Waals surface area contributed by atoms with E-state index < -0.39 is 11.9 Å². The van der Waals surface area contributed by atoms with Crippen molar-refractivity contribution in [2.75, 3.05) is 19.8 Å². The molecule has 8 heteroatoms. The van der Waals surface area contributed by atoms with E-state index in [1.54, 1.807) is 0 Å². The number of amides is 1. The van der Waals surface area contributed by atoms with E-state index in [1.165, 1.54) is 11.3 Å². The molecule has 0 radical (unpaired) electrons. The number of nitrogens with zero attached hydrogens (tertiary/aromatic N) is 1. The molecule has 1 aliphatic rings. The van der Waals surface area contributed by atoms with Crippen LogP contribution >= 0.6 is 11.3 Å². The van der Waals surface area contributed by atoms with Crippen molar-refractivity contribution < 1.29 is 23.8 Å². The number of carbonyl (C=O) groups is 2. The van der Waals surface area contributed by atoms with Gasteiger partial charge in [-0.05, 0) is 37.8 Å². The number of carboxylic acids is 1. The number of carbonyl (C=O) groups excluding carboxylic acids is 1. The fourth-order valence-corrected chi connectivity index (χ4v) is 3.85. The number of hydrogen-bond donors (Lipinski definition) is 2. The molecule has 0 aliphatic carbocycles. The predicted molar refractivity (Wildman–Crippen MR) is 95.9 cm³/mol. The molecule has 7 nitrogen and oxygen atoms in total. The zero-order valence-corrected chi connectivity index (χ0v) is 15.4. The Bertz CT molecular complexity index is 763. The number of furan rings is 1. The van der Waals surface area contributed by atoms with E-state index in [1.807, 2.05) is 24.4 Å². The Kier molecular flexibility index (Phi) is 6.05. The summed E-state index contributed by atoms with van der Waals surface area (Å²) < 4.78 is 10.8. The van der Waals surface area contributed by atoms with Gasteiger partial charge in [0.15, 0.2) is 10.8 Å². The quantitative estimate of drug-likeness (QED) is 0.768. The molecule has 2 N–H and O–H groups in total. The van der Waals surface area contributed by atoms with Crippen LogP contribution in [-0.4, -0.2) is 41.7 Å². The minimum atomic E-state index is -0.874. The lowest BCUT2D eigenvalue weighted by Crippen LogP contribution is -2.39. The molecule has 2 aromatic rings. The Morgan fingerprint density at radius 3 is 2.81 bits per heavy atom. The molecule has 26 heavy (non-hydrogen) atoms. The van der Waals surface area contributed by atoms with Crippen molar-refractivity contribution in [2.24, 2.45) is 11.8 Å². The molecule has 0 bridgehead atoms. The molecule has 1 unspecified atom stereocenters. The van der Waals surface area contributed by atoms with Crippen molar-refractivity contribution in [3.63, 3.8) is 0 Å². The molecule has 3 heterocycles. The summed E-state index contributed by atoms with van der Waals surface area (Å²) in [5.41, 5.74) is 0.648. The molecule has 1 fully saturated rings. The van der Waals surface area contributed by atoms with Crippen molar-refractivity contribution in [2.45, 2.75) is 26.2 Å². The molecule has 1 saturated heterocycles. The first-order valence-electron chi connectivity index (χ1n) is 8.61. The van der Waals surface area contributed by atoms with Crippen molar-refractivity contribution in [1.29, 1.82) is 0 Å². The third-order valence-corrected chi connectivity index (χ3v) is 5.42. The molecule has 1 aliphatic heterocycles. The van der Waals surface area contributed by atoms with E-state index in [4.69, 9.17) is 9.15 Å². The van der Waals surface area contributed by atoms with Crippen molar-refractivity contribution in [3.8, 4) is 10.8 Å². The first-order valence-corrected chi connectivity index (χ1v) is 9.49. The number of rotatable bonds is 7. The minimum Gasteiger partial charge on any atom is -0.481 e. The summed E-state index contributed by atoms with van der Waals surface area (Å²) in [7, 11) is 0. The molecule has 3 rings (SSSR count). The van der Waals surface area contributed by atoms with Crippen molar-refractivity contribution >= 4 is 23.2 Å². The normalized spacial score (nSPS) is 16.3. The Morgan fingerprint density at radius 1 is 1.38 bits per heavy atom. The van der Waals surface area contributed by atoms with Crippen LogP contribution in [0.5, 0.6) is 0 Å². The summed E-state index contributed by atoms with van der Waals surface area (Å²) in [4.78, 5) is 28.1. The van der Waals surface area contributed by atoms with Crippen LogP contribution in [0.1, 0.15) is 24.3 Å². The zero-order chi connectivity index (χ0) is 18.5. The highest BCUT2D eigenvalue weighted by Crippen LogP contribution is 2.26. The van der Waals surface area contributed by atoms with Gasteiger partial charge in [-0.15, -0.1) is 11.3 Å². The van der Waals surface area contributed by atoms with Crippen LogP contribution in [0, 0.1) is 18.8 Å². The van der Waals surface area contributed by atoms with Crippen LogP contribution in [0.2, 0.25) is 0 Å². The summed E-state index contributed by atoms with van der Waals surface area (Å²) in [6, 6.07) is 3.72. The van der Waals surface area contributed by atoms with Gasteiger partial charge in [0, 0.05) is 25.1 Å². The fourth-order valence-electron chi connectivity index (χ4n) is 3.08. The van der Waals surface area contributed by atoms with Gasteiger partial charge < -0.3 is 19.6 Å². The standard InChI is InChI=1S/C18H22N2O5S/c1-11-2-3-15(25-11)17-20-13(10-26-17)8-16(21)19-9-14(18(22)23)12-4-6-24-7-5-12/h2-3,10,12,14H,4-9H2,1H3,(H,19,21)(H,22,23). The van der Waals surface area contributed by atoms with Gasteiger partial charge in [-0.25, -0.2) is 4.98 Å². The third-order valence-electron chi connectivity index (χ3n) is 4.52. The molecule has 0 spiro atoms. The second-order valence-electron chi connectivity index (χ2n) is 6.43. The Hall–Kier alpha value is -2.19. The largest absolute Gasteiger partial charge is 0.481 e. The molecule has 140 valence electrons. The summed E-state index contributed by atoms with van der Waals surface area (Å²) >= 11 is 1.42. The topological polar surface area (TPSA) is 102 Å². The van der Waals surface area contributed by atoms with Gasteiger partial charge in [-0.2, -0.15) is 0 Å². The van der Waals surface area contributed by atoms with Crippen LogP contribution in [0.15, 0.2) is 21.9 Å². The molecule has 2 aromatic heterocycles. The van der Waals surface area contributed by atoms with E-state index in [-0.39, 0.29) is 24.8 Å². The number of aromatic nitrogens is 1. The van der Waals surface area contributed by atoms with Gasteiger partial charge in [0.2, 0.25) is 5.91 Å². The highest BCUT2D eigenvalue weighted by molar-refractivity contribution is 7.13. The van der Waals surface area contributed by atoms with Crippen LogP contribution in [0.3, 0.4) is 0 Å². The van der Waals surface area contributed by atoms with Crippen LogP contribution in [0.4, 0.5) is 0 Å². The van der Waals surface area contributed by atoms with E-state index in [0.717, 1.165) is 10.8 Å². The van der Waals surface area contributed by atoms with E-state index in [9.17, 15) is 14.7 Å². The maximum atomic E-state index is 12.2. The predicted octanol–water partition coefficient (Wildman–Crippen LogP) is 2.50. The zero-order valence-electron chi connectivity index (χ0n) is 14.6. The molecule has 1 amide bonds. The van der Waals surface area contributed by atoms with Gasteiger partial charge in [0.05, 0.1) is 18.0 Å². The number of carboxylic acid groups (broad SMARTS) is 1. The second-order valence-corrected chi connectivity index (χ2v) is 7.29. The summed E-state index contributed by atoms with van der Waals surface area (Å²) in [5.74, 6) is -0.154. The number of hydrogen-bond acceptors (Lipinski definition) is 6. The molecule has 0 saturated carbocycles. The maximum absolute atomic E-state index is 12.2. The summed E-state index contributed by atoms with van der Waals surface area (Å²) in [6.45, 7) is 3.16. The monoisotopic (exact) mass is 378 g/mol. The number of thiazole rings is 1. The first kappa shape index (κ1) is 18.6. The van der Waals surface area contributed by atoms with Gasteiger partial charge in [-0.3, -0.25) is 9.59 Å². The number of ether oxygens (including phenoxy) is 1. The van der Waals surface area contributed by atoms with E-state index in [2.05, 4.69) is 10.3 Å². The highest BCUT2D eigenvalue weighted by atomic mass is 32.1. The van der Waals surface area contributed by atoms with Crippen molar-refractivity contribution in [3.05, 3.63) is 29.0 Å². The van der Waals surface area contributed by atoms with Crippen molar-refractivity contribution in [1.82, 2.24) is 10.3 Å². The Morgan fingerprint density at radius 2 is 2.15 bits per heavy atom. The third kappa shape index (κ3) is 4.70. The van der Waals surface area contributed by atoms with Gasteiger partial charge >= 0.3 is 5.97 Å². The van der Waals surface area contributed by atoms with Crippen LogP contribution in [-0.2, 0) is 20.7 Å². The first-order chi connectivity index (χ1) is 12.5. The number of aliphatic carboxylic acids is 1. The van der Waals surface area contributed by atoms with Gasteiger partial charge in [0.25, 0.3) is 0 Å². The molecular weight excluding hydrogens is 356 g/mol. The average molecular weight is 378 g/mol. The van der Waals surface area contributed by atoms with Crippen LogP contribution in [0.25, 0.3) is 10.8 Å². The van der Waals surface area contributed by atoms with E-state index >= 15 is 0 Å². The smallest absolute Gasteiger partial charge is 0.308 e. The average Bonchev–Trinajstić information content (AvgIpc) is 3.24. The Labute approximate surface area is 155 Å². The lowest BCUT2D eigenvalue weighted by Gasteiger charge is -2.27. The number of aryl methyl sites for hydroxylation is 1. The summed E-state index contributed by atoms with van der Waals surface area (Å²) in [6.07, 6.45) is 1.55. The lowest BCUT2D eigenvalue weighted by atomic mass is 9.86. The maximum Gasteiger partial charge on any atom is 0.308 e. The number of nitrogens with one attached hydrogen (secondary N) is 1. The van der Waals surface area contributed by atoms with Crippen LogP contribution < -0.4 is 5.32 Å². The fraction of sp³-hybridized carbons (Fsp3) is 0.500. The minimum absolute atomic E-state index is 0.0367. The SMILES string of the molecule is Cc1ccc(-c2nc(CC(=O)NCC(C(=O)O)C3CCOCC3)cs2)o1. The lowest BCUT2D eigenvalue weighted by molar-refractivity contribution is -0.144. The molecular formula is C18H22N2O5S.